The fourth-order valence-corrected chi connectivity index (χ4v) is 4.77. The van der Waals surface area contributed by atoms with Crippen LogP contribution in [0.1, 0.15) is 11.1 Å². The van der Waals surface area contributed by atoms with Gasteiger partial charge in [0, 0.05) is 5.69 Å². The number of hydrogen-bond donors (Lipinski definition) is 1. The number of anilines is 1. The van der Waals surface area contributed by atoms with Crippen molar-refractivity contribution >= 4 is 34.6 Å². The highest BCUT2D eigenvalue weighted by atomic mass is 32.1. The maximum atomic E-state index is 13.5. The average molecular weight is 498 g/mol. The number of rotatable bonds is 6. The number of nitrogens with zero attached hydrogens (tertiary/aromatic N) is 2. The number of ether oxygens (including phenoxy) is 2. The zero-order valence-electron chi connectivity index (χ0n) is 19.9. The lowest BCUT2D eigenvalue weighted by molar-refractivity contribution is -0.111. The molecule has 0 unspecified atom stereocenters. The van der Waals surface area contributed by atoms with E-state index in [9.17, 15) is 14.9 Å². The Morgan fingerprint density at radius 2 is 1.75 bits per heavy atom. The number of carbonyl (C=O) groups is 1. The fourth-order valence-electron chi connectivity index (χ4n) is 3.67. The third kappa shape index (κ3) is 5.06. The molecule has 3 aromatic carbocycles. The number of thiazole rings is 1. The van der Waals surface area contributed by atoms with Crippen LogP contribution in [0.25, 0.3) is 17.3 Å². The van der Waals surface area contributed by atoms with Gasteiger partial charge in [-0.3, -0.25) is 14.2 Å². The van der Waals surface area contributed by atoms with Gasteiger partial charge in [-0.25, -0.2) is 0 Å². The van der Waals surface area contributed by atoms with Crippen LogP contribution in [0.15, 0.2) is 77.6 Å². The van der Waals surface area contributed by atoms with Gasteiger partial charge in [0.1, 0.15) is 10.7 Å². The van der Waals surface area contributed by atoms with Crippen LogP contribution >= 0.6 is 11.3 Å². The highest BCUT2D eigenvalue weighted by Crippen LogP contribution is 2.27. The van der Waals surface area contributed by atoms with Gasteiger partial charge in [0.2, 0.25) is 0 Å². The highest BCUT2D eigenvalue weighted by Gasteiger charge is 2.17. The van der Waals surface area contributed by atoms with Gasteiger partial charge >= 0.3 is 0 Å². The molecule has 0 fully saturated rings. The van der Waals surface area contributed by atoms with Crippen LogP contribution in [-0.2, 0) is 4.79 Å². The van der Waals surface area contributed by atoms with E-state index in [4.69, 9.17) is 9.47 Å². The van der Waals surface area contributed by atoms with Crippen molar-refractivity contribution in [2.45, 2.75) is 6.92 Å². The van der Waals surface area contributed by atoms with Gasteiger partial charge in [0.05, 0.1) is 24.4 Å². The SMILES string of the molecule is COc1ccc(C=c2sc(=C(C#N)C(=O)Nc3cccc(C)c3)n(-c3ccccc3)c2=O)cc1OC. The van der Waals surface area contributed by atoms with Crippen molar-refractivity contribution in [3.63, 3.8) is 0 Å². The number of aryl methyl sites for hydroxylation is 1. The van der Waals surface area contributed by atoms with Crippen LogP contribution in [0.5, 0.6) is 11.5 Å². The lowest BCUT2D eigenvalue weighted by Gasteiger charge is -2.07. The van der Waals surface area contributed by atoms with E-state index in [-0.39, 0.29) is 15.8 Å². The van der Waals surface area contributed by atoms with Crippen molar-refractivity contribution in [2.24, 2.45) is 0 Å². The molecule has 4 rings (SSSR count). The third-order valence-electron chi connectivity index (χ3n) is 5.37. The number of hydrogen-bond acceptors (Lipinski definition) is 6. The van der Waals surface area contributed by atoms with E-state index in [0.29, 0.717) is 33.0 Å². The van der Waals surface area contributed by atoms with Crippen LogP contribution in [0, 0.1) is 18.3 Å². The second kappa shape index (κ2) is 10.8. The van der Waals surface area contributed by atoms with E-state index in [1.54, 1.807) is 61.7 Å². The fraction of sp³-hybridized carbons (Fsp3) is 0.107. The zero-order chi connectivity index (χ0) is 25.7. The Morgan fingerprint density at radius 1 is 1.00 bits per heavy atom. The number of nitrogens with one attached hydrogen (secondary N) is 1. The summed E-state index contributed by atoms with van der Waals surface area (Å²) < 4.78 is 12.7. The summed E-state index contributed by atoms with van der Waals surface area (Å²) in [6, 6.07) is 23.5. The number of carbonyl (C=O) groups excluding carboxylic acids is 1. The molecule has 1 N–H and O–H groups in total. The second-order valence-corrected chi connectivity index (χ2v) is 8.85. The minimum Gasteiger partial charge on any atom is -0.493 e. The van der Waals surface area contributed by atoms with Gasteiger partial charge in [-0.2, -0.15) is 5.26 Å². The molecular weight excluding hydrogens is 474 g/mol. The van der Waals surface area contributed by atoms with Crippen LogP contribution in [-0.4, -0.2) is 24.7 Å². The summed E-state index contributed by atoms with van der Waals surface area (Å²) in [5.74, 6) is 0.496. The molecule has 7 nitrogen and oxygen atoms in total. The Kier molecular flexibility index (Phi) is 7.33. The van der Waals surface area contributed by atoms with Gasteiger partial charge < -0.3 is 14.8 Å². The van der Waals surface area contributed by atoms with E-state index in [0.717, 1.165) is 16.9 Å². The molecule has 0 radical (unpaired) electrons. The maximum Gasteiger partial charge on any atom is 0.273 e. The van der Waals surface area contributed by atoms with Crippen LogP contribution in [0.2, 0.25) is 0 Å². The second-order valence-electron chi connectivity index (χ2n) is 7.82. The first kappa shape index (κ1) is 24.5. The summed E-state index contributed by atoms with van der Waals surface area (Å²) in [6.45, 7) is 1.91. The van der Waals surface area contributed by atoms with Crippen molar-refractivity contribution in [3.8, 4) is 23.3 Å². The number of methoxy groups -OCH3 is 2. The van der Waals surface area contributed by atoms with Crippen molar-refractivity contribution in [3.05, 3.63) is 103 Å². The molecule has 0 aliphatic carbocycles. The topological polar surface area (TPSA) is 93.4 Å². The molecule has 36 heavy (non-hydrogen) atoms. The van der Waals surface area contributed by atoms with Crippen LogP contribution in [0.3, 0.4) is 0 Å². The van der Waals surface area contributed by atoms with E-state index in [1.807, 2.05) is 37.3 Å². The first-order valence-corrected chi connectivity index (χ1v) is 11.8. The van der Waals surface area contributed by atoms with Gasteiger partial charge in [0.25, 0.3) is 11.5 Å². The first-order chi connectivity index (χ1) is 17.4. The predicted molar refractivity (Wildman–Crippen MR) is 141 cm³/mol. The first-order valence-electron chi connectivity index (χ1n) is 11.0. The smallest absolute Gasteiger partial charge is 0.273 e. The third-order valence-corrected chi connectivity index (χ3v) is 6.46. The molecule has 1 heterocycles. The van der Waals surface area contributed by atoms with Crippen LogP contribution in [0.4, 0.5) is 5.69 Å². The minimum atomic E-state index is -0.591. The molecule has 0 saturated carbocycles. The number of nitriles is 1. The Labute approximate surface area is 211 Å². The normalized spacial score (nSPS) is 12.0. The largest absolute Gasteiger partial charge is 0.493 e. The molecule has 0 saturated heterocycles. The van der Waals surface area contributed by atoms with Crippen molar-refractivity contribution in [1.29, 1.82) is 5.26 Å². The summed E-state index contributed by atoms with van der Waals surface area (Å²) in [4.78, 5) is 26.7. The predicted octanol–water partition coefficient (Wildman–Crippen LogP) is 3.37. The molecule has 0 atom stereocenters. The number of para-hydroxylation sites is 1. The van der Waals surface area contributed by atoms with Gasteiger partial charge in [-0.15, -0.1) is 11.3 Å². The van der Waals surface area contributed by atoms with E-state index in [1.165, 1.54) is 11.7 Å². The summed E-state index contributed by atoms with van der Waals surface area (Å²) in [5, 5.41) is 12.7. The van der Waals surface area contributed by atoms with E-state index < -0.39 is 5.91 Å². The summed E-state index contributed by atoms with van der Waals surface area (Å²) in [7, 11) is 3.08. The Balaban J connectivity index is 1.94. The number of aromatic nitrogens is 1. The Morgan fingerprint density at radius 3 is 2.42 bits per heavy atom. The quantitative estimate of drug-likeness (QED) is 0.441. The molecule has 0 aliphatic rings. The molecule has 8 heteroatoms. The van der Waals surface area contributed by atoms with Gasteiger partial charge in [-0.05, 0) is 60.5 Å². The molecule has 1 aromatic heterocycles. The molecule has 4 aromatic rings. The monoisotopic (exact) mass is 497 g/mol. The highest BCUT2D eigenvalue weighted by molar-refractivity contribution is 7.07. The van der Waals surface area contributed by atoms with Crippen LogP contribution < -0.4 is 29.5 Å². The summed E-state index contributed by atoms with van der Waals surface area (Å²) in [5.41, 5.74) is 2.30. The summed E-state index contributed by atoms with van der Waals surface area (Å²) >= 11 is 1.08. The standard InChI is InChI=1S/C28H23N3O4S/c1-18-8-7-9-20(14-18)30-26(32)22(17-29)28-31(21-10-5-4-6-11-21)27(33)25(36-28)16-19-12-13-23(34-2)24(15-19)35-3/h4-16H,1-3H3,(H,30,32). The van der Waals surface area contributed by atoms with E-state index in [2.05, 4.69) is 5.32 Å². The van der Waals surface area contributed by atoms with Crippen molar-refractivity contribution < 1.29 is 14.3 Å². The number of amides is 1. The average Bonchev–Trinajstić information content (AvgIpc) is 3.20. The molecule has 1 amide bonds. The van der Waals surface area contributed by atoms with Gasteiger partial charge in [-0.1, -0.05) is 36.4 Å². The van der Waals surface area contributed by atoms with E-state index >= 15 is 0 Å². The van der Waals surface area contributed by atoms with Crippen molar-refractivity contribution in [1.82, 2.24) is 4.57 Å². The molecule has 0 bridgehead atoms. The van der Waals surface area contributed by atoms with Crippen molar-refractivity contribution in [2.75, 3.05) is 19.5 Å². The molecule has 0 aliphatic heterocycles. The van der Waals surface area contributed by atoms with Gasteiger partial charge in [0.15, 0.2) is 17.1 Å². The Hall–Kier alpha value is -4.61. The maximum absolute atomic E-state index is 13.5. The molecular formula is C28H23N3O4S. The Bertz CT molecular complexity index is 1650. The number of benzene rings is 3. The minimum absolute atomic E-state index is 0.158. The lowest BCUT2D eigenvalue weighted by atomic mass is 10.2. The summed E-state index contributed by atoms with van der Waals surface area (Å²) in [6.07, 6.45) is 1.70. The zero-order valence-corrected chi connectivity index (χ0v) is 20.8. The molecule has 180 valence electrons. The molecule has 0 spiro atoms. The lowest BCUT2D eigenvalue weighted by Crippen LogP contribution is -2.32.